The molecule has 0 radical (unpaired) electrons. The topological polar surface area (TPSA) is 44.1 Å². The Balaban J connectivity index is 2.26. The van der Waals surface area contributed by atoms with Crippen molar-refractivity contribution in [1.29, 1.82) is 0 Å². The predicted molar refractivity (Wildman–Crippen MR) is 104 cm³/mol. The molecule has 0 aliphatic heterocycles. The van der Waals surface area contributed by atoms with E-state index in [1.807, 2.05) is 48.5 Å². The van der Waals surface area contributed by atoms with Gasteiger partial charge in [0.15, 0.2) is 0 Å². The molecule has 2 aromatic carbocycles. The summed E-state index contributed by atoms with van der Waals surface area (Å²) in [6.45, 7) is 4.30. The van der Waals surface area contributed by atoms with E-state index in [9.17, 15) is 4.79 Å². The van der Waals surface area contributed by atoms with Crippen molar-refractivity contribution in [2.45, 2.75) is 32.7 Å². The number of esters is 1. The number of carbonyl (C=O) groups excluding carboxylic acids is 1. The molecule has 0 amide bonds. The Kier molecular flexibility index (Phi) is 5.52. The monoisotopic (exact) mass is 348 g/mol. The second kappa shape index (κ2) is 8.00. The van der Waals surface area contributed by atoms with Crippen LogP contribution in [0.25, 0.3) is 22.6 Å². The molecule has 1 unspecified atom stereocenters. The molecule has 0 bridgehead atoms. The fourth-order valence-corrected chi connectivity index (χ4v) is 3.12. The highest BCUT2D eigenvalue weighted by atomic mass is 16.5. The Hall–Kier alpha value is -2.88. The summed E-state index contributed by atoms with van der Waals surface area (Å²) in [5.41, 5.74) is 3.79. The van der Waals surface area contributed by atoms with E-state index in [-0.39, 0.29) is 18.4 Å². The maximum Gasteiger partial charge on any atom is 0.311 e. The van der Waals surface area contributed by atoms with E-state index >= 15 is 0 Å². The fourth-order valence-electron chi connectivity index (χ4n) is 3.12. The van der Waals surface area contributed by atoms with Crippen LogP contribution in [0.15, 0.2) is 60.7 Å². The maximum atomic E-state index is 12.1. The normalized spacial score (nSPS) is 12.0. The number of rotatable bonds is 6. The number of nitrogens with zero attached hydrogens (tertiary/aromatic N) is 2. The molecule has 4 heteroatoms. The first-order valence-corrected chi connectivity index (χ1v) is 8.94. The summed E-state index contributed by atoms with van der Waals surface area (Å²) in [5.74, 6) is 0.629. The van der Waals surface area contributed by atoms with Gasteiger partial charge >= 0.3 is 5.97 Å². The average molecular weight is 348 g/mol. The van der Waals surface area contributed by atoms with Crippen molar-refractivity contribution in [3.8, 4) is 22.6 Å². The highest BCUT2D eigenvalue weighted by Crippen LogP contribution is 2.33. The molecule has 3 aromatic rings. The second-order valence-corrected chi connectivity index (χ2v) is 6.34. The molecule has 0 aliphatic carbocycles. The third kappa shape index (κ3) is 3.54. The zero-order chi connectivity index (χ0) is 18.5. The van der Waals surface area contributed by atoms with Crippen molar-refractivity contribution in [2.24, 2.45) is 0 Å². The molecular formula is C22H24N2O2. The first-order chi connectivity index (χ1) is 12.7. The van der Waals surface area contributed by atoms with Crippen molar-refractivity contribution < 1.29 is 9.53 Å². The average Bonchev–Trinajstić information content (AvgIpc) is 3.07. The Morgan fingerprint density at radius 2 is 1.62 bits per heavy atom. The quantitative estimate of drug-likeness (QED) is 0.595. The number of ether oxygens (including phenoxy) is 1. The lowest BCUT2D eigenvalue weighted by Gasteiger charge is -2.18. The summed E-state index contributed by atoms with van der Waals surface area (Å²) in [4.78, 5) is 17.1. The van der Waals surface area contributed by atoms with Gasteiger partial charge in [0.2, 0.25) is 0 Å². The van der Waals surface area contributed by atoms with Gasteiger partial charge in [0.05, 0.1) is 24.9 Å². The Bertz CT molecular complexity index is 870. The summed E-state index contributed by atoms with van der Waals surface area (Å²) < 4.78 is 7.14. The summed E-state index contributed by atoms with van der Waals surface area (Å²) in [5, 5.41) is 0. The molecule has 0 saturated heterocycles. The SMILES string of the molecule is CCC(C)n1c(-c2ccccc2)nc(-c2ccccc2)c1CC(=O)OC. The van der Waals surface area contributed by atoms with Gasteiger partial charge in [-0.05, 0) is 13.3 Å². The molecule has 1 heterocycles. The van der Waals surface area contributed by atoms with Crippen molar-refractivity contribution in [3.05, 3.63) is 66.4 Å². The number of imidazole rings is 1. The van der Waals surface area contributed by atoms with Gasteiger partial charge < -0.3 is 9.30 Å². The summed E-state index contributed by atoms with van der Waals surface area (Å²) >= 11 is 0. The van der Waals surface area contributed by atoms with Gasteiger partial charge in [-0.1, -0.05) is 67.6 Å². The summed E-state index contributed by atoms with van der Waals surface area (Å²) in [6.07, 6.45) is 1.14. The molecule has 0 fully saturated rings. The largest absolute Gasteiger partial charge is 0.469 e. The zero-order valence-electron chi connectivity index (χ0n) is 15.5. The number of hydrogen-bond donors (Lipinski definition) is 0. The van der Waals surface area contributed by atoms with E-state index in [1.54, 1.807) is 0 Å². The minimum absolute atomic E-state index is 0.199. The van der Waals surface area contributed by atoms with E-state index < -0.39 is 0 Å². The van der Waals surface area contributed by atoms with Gasteiger partial charge in [0, 0.05) is 17.2 Å². The van der Waals surface area contributed by atoms with Gasteiger partial charge in [-0.15, -0.1) is 0 Å². The zero-order valence-corrected chi connectivity index (χ0v) is 15.5. The van der Waals surface area contributed by atoms with Crippen LogP contribution in [0.5, 0.6) is 0 Å². The molecule has 0 saturated carbocycles. The number of methoxy groups -OCH3 is 1. The fraction of sp³-hybridized carbons (Fsp3) is 0.273. The molecular weight excluding hydrogens is 324 g/mol. The van der Waals surface area contributed by atoms with Gasteiger partial charge in [0.1, 0.15) is 5.82 Å². The molecule has 26 heavy (non-hydrogen) atoms. The molecule has 134 valence electrons. The van der Waals surface area contributed by atoms with Crippen molar-refractivity contribution in [1.82, 2.24) is 9.55 Å². The van der Waals surface area contributed by atoms with Crippen molar-refractivity contribution >= 4 is 5.97 Å². The standard InChI is InChI=1S/C22H24N2O2/c1-4-16(2)24-19(15-20(25)26-3)21(17-11-7-5-8-12-17)23-22(24)18-13-9-6-10-14-18/h5-14,16H,4,15H2,1-3H3. The van der Waals surface area contributed by atoms with Crippen LogP contribution in [0, 0.1) is 0 Å². The molecule has 4 nitrogen and oxygen atoms in total. The van der Waals surface area contributed by atoms with Crippen molar-refractivity contribution in [3.63, 3.8) is 0 Å². The highest BCUT2D eigenvalue weighted by molar-refractivity contribution is 5.77. The van der Waals surface area contributed by atoms with Gasteiger partial charge in [-0.3, -0.25) is 4.79 Å². The van der Waals surface area contributed by atoms with Gasteiger partial charge in [-0.2, -0.15) is 0 Å². The minimum Gasteiger partial charge on any atom is -0.469 e. The number of aromatic nitrogens is 2. The van der Waals surface area contributed by atoms with E-state index in [1.165, 1.54) is 7.11 Å². The first-order valence-electron chi connectivity index (χ1n) is 8.94. The van der Waals surface area contributed by atoms with Crippen LogP contribution >= 0.6 is 0 Å². The van der Waals surface area contributed by atoms with Crippen molar-refractivity contribution in [2.75, 3.05) is 7.11 Å². The minimum atomic E-state index is -0.258. The first kappa shape index (κ1) is 17.9. The lowest BCUT2D eigenvalue weighted by molar-refractivity contribution is -0.139. The number of benzene rings is 2. The van der Waals surface area contributed by atoms with Gasteiger partial charge in [-0.25, -0.2) is 4.98 Å². The smallest absolute Gasteiger partial charge is 0.311 e. The molecule has 0 spiro atoms. The number of hydrogen-bond acceptors (Lipinski definition) is 3. The van der Waals surface area contributed by atoms with Crippen LogP contribution in [0.3, 0.4) is 0 Å². The van der Waals surface area contributed by atoms with Crippen LogP contribution in [-0.4, -0.2) is 22.6 Å². The van der Waals surface area contributed by atoms with E-state index in [4.69, 9.17) is 9.72 Å². The molecule has 1 aromatic heterocycles. The van der Waals surface area contributed by atoms with E-state index in [2.05, 4.69) is 30.5 Å². The lowest BCUT2D eigenvalue weighted by atomic mass is 10.1. The number of carbonyl (C=O) groups is 1. The Morgan fingerprint density at radius 1 is 1.04 bits per heavy atom. The summed E-state index contributed by atoms with van der Waals surface area (Å²) in [7, 11) is 1.42. The van der Waals surface area contributed by atoms with Crippen LogP contribution in [0.1, 0.15) is 32.0 Å². The third-order valence-electron chi connectivity index (χ3n) is 4.66. The second-order valence-electron chi connectivity index (χ2n) is 6.34. The Morgan fingerprint density at radius 3 is 2.15 bits per heavy atom. The molecule has 1 atom stereocenters. The highest BCUT2D eigenvalue weighted by Gasteiger charge is 2.24. The van der Waals surface area contributed by atoms with Crippen LogP contribution in [0.4, 0.5) is 0 Å². The maximum absolute atomic E-state index is 12.1. The molecule has 3 rings (SSSR count). The predicted octanol–water partition coefficient (Wildman–Crippen LogP) is 4.90. The Labute approximate surface area is 154 Å². The lowest BCUT2D eigenvalue weighted by Crippen LogP contribution is -2.14. The van der Waals surface area contributed by atoms with Gasteiger partial charge in [0.25, 0.3) is 0 Å². The van der Waals surface area contributed by atoms with Crippen LogP contribution in [0.2, 0.25) is 0 Å². The third-order valence-corrected chi connectivity index (χ3v) is 4.66. The van der Waals surface area contributed by atoms with E-state index in [0.29, 0.717) is 0 Å². The van der Waals surface area contributed by atoms with Crippen LogP contribution < -0.4 is 0 Å². The summed E-state index contributed by atoms with van der Waals surface area (Å²) in [6, 6.07) is 20.3. The molecule has 0 aliphatic rings. The van der Waals surface area contributed by atoms with Crippen LogP contribution in [-0.2, 0) is 16.0 Å². The van der Waals surface area contributed by atoms with E-state index in [0.717, 1.165) is 34.8 Å². The molecule has 0 N–H and O–H groups in total.